The van der Waals surface area contributed by atoms with Gasteiger partial charge >= 0.3 is 5.97 Å². The number of aryl methyl sites for hydroxylation is 1. The number of sulfonamides is 1. The standard InChI is InChI=1S/C31H34Cl2N2O5S/c1-20-7-13-26(14-8-20)41(39,40)34-16-15-21(2)35-29(22-9-11-24(32)12-10-22)27(23-5-4-6-25(33)17-23)18-31(3,30(35)38)19-28(36)37/h4-14,17,21,27,29,34H,15-16,18-19H2,1-3H3,(H,36,37). The summed E-state index contributed by atoms with van der Waals surface area (Å²) >= 11 is 12.6. The number of carbonyl (C=O) groups excluding carboxylic acids is 1. The van der Waals surface area contributed by atoms with Crippen LogP contribution in [0.25, 0.3) is 0 Å². The lowest BCUT2D eigenvalue weighted by atomic mass is 9.67. The van der Waals surface area contributed by atoms with Crippen LogP contribution in [0.5, 0.6) is 0 Å². The third kappa shape index (κ3) is 7.12. The van der Waals surface area contributed by atoms with Crippen molar-refractivity contribution >= 4 is 45.1 Å². The third-order valence-electron chi connectivity index (χ3n) is 7.79. The monoisotopic (exact) mass is 616 g/mol. The zero-order valence-corrected chi connectivity index (χ0v) is 25.5. The van der Waals surface area contributed by atoms with Crippen molar-refractivity contribution in [1.29, 1.82) is 0 Å². The van der Waals surface area contributed by atoms with Gasteiger partial charge in [-0.2, -0.15) is 0 Å². The Morgan fingerprint density at radius 3 is 2.32 bits per heavy atom. The van der Waals surface area contributed by atoms with Crippen molar-refractivity contribution in [2.45, 2.75) is 62.9 Å². The molecule has 0 spiro atoms. The summed E-state index contributed by atoms with van der Waals surface area (Å²) in [5.74, 6) is -1.62. The van der Waals surface area contributed by atoms with Crippen molar-refractivity contribution in [2.24, 2.45) is 5.41 Å². The van der Waals surface area contributed by atoms with E-state index in [0.717, 1.165) is 16.7 Å². The smallest absolute Gasteiger partial charge is 0.304 e. The number of nitrogens with one attached hydrogen (secondary N) is 1. The lowest BCUT2D eigenvalue weighted by molar-refractivity contribution is -0.160. The molecule has 3 aromatic rings. The minimum atomic E-state index is -3.75. The van der Waals surface area contributed by atoms with E-state index in [1.807, 2.05) is 44.2 Å². The molecule has 4 rings (SSSR count). The lowest BCUT2D eigenvalue weighted by Crippen LogP contribution is -2.55. The Morgan fingerprint density at radius 1 is 1.05 bits per heavy atom. The number of halogens is 2. The van der Waals surface area contributed by atoms with Crippen LogP contribution in [-0.2, 0) is 19.6 Å². The number of amides is 1. The van der Waals surface area contributed by atoms with Crippen LogP contribution in [-0.4, -0.2) is 42.9 Å². The molecule has 41 heavy (non-hydrogen) atoms. The Hall–Kier alpha value is -2.91. The maximum Gasteiger partial charge on any atom is 0.304 e. The van der Waals surface area contributed by atoms with Crippen LogP contribution in [0.4, 0.5) is 0 Å². The normalized spacial score (nSPS) is 22.0. The highest BCUT2D eigenvalue weighted by atomic mass is 35.5. The van der Waals surface area contributed by atoms with E-state index in [1.165, 1.54) is 0 Å². The molecule has 0 radical (unpaired) electrons. The fraction of sp³-hybridized carbons (Fsp3) is 0.355. The number of rotatable bonds is 10. The van der Waals surface area contributed by atoms with Gasteiger partial charge in [0.25, 0.3) is 0 Å². The van der Waals surface area contributed by atoms with Gasteiger partial charge in [0.15, 0.2) is 0 Å². The molecule has 7 nitrogen and oxygen atoms in total. The molecule has 0 aliphatic carbocycles. The first-order valence-electron chi connectivity index (χ1n) is 13.4. The van der Waals surface area contributed by atoms with Gasteiger partial charge in [0.1, 0.15) is 0 Å². The number of nitrogens with zero attached hydrogens (tertiary/aromatic N) is 1. The van der Waals surface area contributed by atoms with E-state index in [2.05, 4.69) is 4.72 Å². The van der Waals surface area contributed by atoms with E-state index in [9.17, 15) is 23.1 Å². The fourth-order valence-electron chi connectivity index (χ4n) is 5.70. The molecule has 10 heteroatoms. The molecule has 1 heterocycles. The van der Waals surface area contributed by atoms with Crippen LogP contribution in [0.1, 0.15) is 61.8 Å². The largest absolute Gasteiger partial charge is 0.481 e. The quantitative estimate of drug-likeness (QED) is 0.267. The van der Waals surface area contributed by atoms with E-state index < -0.39 is 33.5 Å². The van der Waals surface area contributed by atoms with E-state index in [1.54, 1.807) is 54.3 Å². The molecule has 1 aliphatic rings. The third-order valence-corrected chi connectivity index (χ3v) is 9.76. The molecule has 1 saturated heterocycles. The average Bonchev–Trinajstić information content (AvgIpc) is 2.90. The van der Waals surface area contributed by atoms with Crippen molar-refractivity contribution in [3.8, 4) is 0 Å². The molecule has 4 atom stereocenters. The highest BCUT2D eigenvalue weighted by Crippen LogP contribution is 2.52. The maximum absolute atomic E-state index is 14.2. The molecule has 0 bridgehead atoms. The number of aliphatic carboxylic acids is 1. The molecular weight excluding hydrogens is 583 g/mol. The second-order valence-corrected chi connectivity index (χ2v) is 13.7. The van der Waals surface area contributed by atoms with Crippen molar-refractivity contribution in [1.82, 2.24) is 9.62 Å². The van der Waals surface area contributed by atoms with Crippen molar-refractivity contribution in [2.75, 3.05) is 6.54 Å². The van der Waals surface area contributed by atoms with Crippen LogP contribution in [0.15, 0.2) is 77.7 Å². The summed E-state index contributed by atoms with van der Waals surface area (Å²) in [7, 11) is -3.75. The number of hydrogen-bond acceptors (Lipinski definition) is 4. The topological polar surface area (TPSA) is 104 Å². The van der Waals surface area contributed by atoms with E-state index in [-0.39, 0.29) is 29.7 Å². The summed E-state index contributed by atoms with van der Waals surface area (Å²) in [5.41, 5.74) is 1.50. The van der Waals surface area contributed by atoms with Crippen molar-refractivity contribution in [3.63, 3.8) is 0 Å². The average molecular weight is 618 g/mol. The molecule has 218 valence electrons. The first-order chi connectivity index (χ1) is 19.3. The van der Waals surface area contributed by atoms with Crippen LogP contribution in [0.2, 0.25) is 10.0 Å². The number of likely N-dealkylation sites (tertiary alicyclic amines) is 1. The van der Waals surface area contributed by atoms with Gasteiger partial charge in [0.05, 0.1) is 22.8 Å². The Morgan fingerprint density at radius 2 is 1.71 bits per heavy atom. The van der Waals surface area contributed by atoms with Gasteiger partial charge < -0.3 is 10.0 Å². The number of benzene rings is 3. The second-order valence-electron chi connectivity index (χ2n) is 11.1. The predicted molar refractivity (Wildman–Crippen MR) is 161 cm³/mol. The highest BCUT2D eigenvalue weighted by Gasteiger charge is 2.51. The van der Waals surface area contributed by atoms with E-state index in [4.69, 9.17) is 23.2 Å². The van der Waals surface area contributed by atoms with Gasteiger partial charge in [0.2, 0.25) is 15.9 Å². The molecule has 1 aliphatic heterocycles. The molecule has 2 N–H and O–H groups in total. The van der Waals surface area contributed by atoms with Crippen molar-refractivity contribution < 1.29 is 23.1 Å². The van der Waals surface area contributed by atoms with Gasteiger partial charge in [-0.25, -0.2) is 13.1 Å². The predicted octanol–water partition coefficient (Wildman–Crippen LogP) is 6.60. The lowest BCUT2D eigenvalue weighted by Gasteiger charge is -2.51. The van der Waals surface area contributed by atoms with Crippen LogP contribution in [0.3, 0.4) is 0 Å². The SMILES string of the molecule is Cc1ccc(S(=O)(=O)NCCC(C)N2C(=O)C(C)(CC(=O)O)CC(c3cccc(Cl)c3)C2c2ccc(Cl)cc2)cc1. The summed E-state index contributed by atoms with van der Waals surface area (Å²) in [6.45, 7) is 5.53. The fourth-order valence-corrected chi connectivity index (χ4v) is 7.08. The maximum atomic E-state index is 14.2. The first kappa shape index (κ1) is 31.0. The minimum absolute atomic E-state index is 0.0893. The molecule has 3 aromatic carbocycles. The molecule has 4 unspecified atom stereocenters. The number of hydrogen-bond donors (Lipinski definition) is 2. The highest BCUT2D eigenvalue weighted by molar-refractivity contribution is 7.89. The molecule has 0 saturated carbocycles. The van der Waals surface area contributed by atoms with Gasteiger partial charge in [-0.3, -0.25) is 9.59 Å². The summed E-state index contributed by atoms with van der Waals surface area (Å²) in [6.07, 6.45) is 0.279. The van der Waals surface area contributed by atoms with E-state index in [0.29, 0.717) is 22.9 Å². The Balaban J connectivity index is 1.71. The zero-order chi connectivity index (χ0) is 29.9. The number of carbonyl (C=O) groups is 2. The Bertz CT molecular complexity index is 1510. The van der Waals surface area contributed by atoms with Crippen LogP contribution < -0.4 is 4.72 Å². The number of carboxylic acid groups (broad SMARTS) is 1. The molecule has 1 fully saturated rings. The van der Waals surface area contributed by atoms with E-state index >= 15 is 0 Å². The minimum Gasteiger partial charge on any atom is -0.481 e. The first-order valence-corrected chi connectivity index (χ1v) is 15.7. The van der Waals surface area contributed by atoms with Gasteiger partial charge in [0, 0.05) is 28.5 Å². The van der Waals surface area contributed by atoms with Crippen LogP contribution in [0, 0.1) is 12.3 Å². The molecular formula is C31H34Cl2N2O5S. The Labute approximate surface area is 251 Å². The van der Waals surface area contributed by atoms with Crippen LogP contribution >= 0.6 is 23.2 Å². The summed E-state index contributed by atoms with van der Waals surface area (Å²) in [6, 6.07) is 20.4. The zero-order valence-electron chi connectivity index (χ0n) is 23.2. The number of piperidine rings is 1. The van der Waals surface area contributed by atoms with Crippen molar-refractivity contribution in [3.05, 3.63) is 99.5 Å². The molecule has 1 amide bonds. The van der Waals surface area contributed by atoms with Gasteiger partial charge in [-0.05, 0) is 74.2 Å². The van der Waals surface area contributed by atoms with Gasteiger partial charge in [-0.15, -0.1) is 0 Å². The van der Waals surface area contributed by atoms with Gasteiger partial charge in [-0.1, -0.05) is 72.1 Å². The number of carboxylic acids is 1. The molecule has 0 aromatic heterocycles. The summed E-state index contributed by atoms with van der Waals surface area (Å²) in [5, 5.41) is 10.9. The summed E-state index contributed by atoms with van der Waals surface area (Å²) in [4.78, 5) is 28.0. The second kappa shape index (κ2) is 12.5. The summed E-state index contributed by atoms with van der Waals surface area (Å²) < 4.78 is 28.4. The Kier molecular flexibility index (Phi) is 9.49.